The van der Waals surface area contributed by atoms with Gasteiger partial charge in [-0.2, -0.15) is 0 Å². The molecule has 1 aliphatic rings. The van der Waals surface area contributed by atoms with E-state index in [0.29, 0.717) is 32.1 Å². The third-order valence-electron chi connectivity index (χ3n) is 4.82. The Hall–Kier alpha value is -2.52. The third-order valence-corrected chi connectivity index (χ3v) is 6.16. The van der Waals surface area contributed by atoms with Gasteiger partial charge in [-0.05, 0) is 35.0 Å². The molecule has 0 N–H and O–H groups in total. The number of carbonyl (C=O) groups is 1. The number of ether oxygens (including phenoxy) is 1. The molecule has 9 heteroatoms. The maximum Gasteiger partial charge on any atom is 0.228 e. The number of para-hydroxylation sites is 1. The molecule has 0 aliphatic carbocycles. The van der Waals surface area contributed by atoms with Crippen molar-refractivity contribution >= 4 is 39.1 Å². The van der Waals surface area contributed by atoms with Crippen LogP contribution >= 0.6 is 27.3 Å². The van der Waals surface area contributed by atoms with Crippen LogP contribution in [0.15, 0.2) is 46.5 Å². The van der Waals surface area contributed by atoms with Crippen molar-refractivity contribution in [1.82, 2.24) is 19.9 Å². The number of halogens is 1. The van der Waals surface area contributed by atoms with Gasteiger partial charge in [0.25, 0.3) is 0 Å². The molecule has 1 aliphatic heterocycles. The van der Waals surface area contributed by atoms with Crippen LogP contribution in [0.3, 0.4) is 0 Å². The average molecular weight is 488 g/mol. The summed E-state index contributed by atoms with van der Waals surface area (Å²) in [5, 5.41) is 2.83. The molecule has 2 aromatic heterocycles. The van der Waals surface area contributed by atoms with E-state index in [1.807, 2.05) is 41.5 Å². The van der Waals surface area contributed by atoms with E-state index in [0.717, 1.165) is 39.6 Å². The fourth-order valence-corrected chi connectivity index (χ4v) is 4.38. The molecule has 1 amide bonds. The van der Waals surface area contributed by atoms with Crippen molar-refractivity contribution in [2.75, 3.05) is 37.7 Å². The summed E-state index contributed by atoms with van der Waals surface area (Å²) < 4.78 is 6.56. The van der Waals surface area contributed by atoms with E-state index in [-0.39, 0.29) is 5.91 Å². The van der Waals surface area contributed by atoms with E-state index >= 15 is 0 Å². The van der Waals surface area contributed by atoms with Crippen molar-refractivity contribution in [3.63, 3.8) is 0 Å². The molecule has 0 bridgehead atoms. The predicted octanol–water partition coefficient (Wildman–Crippen LogP) is 3.65. The summed E-state index contributed by atoms with van der Waals surface area (Å²) in [7, 11) is 0. The van der Waals surface area contributed by atoms with Crippen LogP contribution < -0.4 is 9.64 Å². The van der Waals surface area contributed by atoms with Gasteiger partial charge in [-0.1, -0.05) is 12.1 Å². The largest absolute Gasteiger partial charge is 0.493 e. The number of rotatable bonds is 6. The maximum atomic E-state index is 12.8. The van der Waals surface area contributed by atoms with Crippen LogP contribution in [0.4, 0.5) is 5.95 Å². The van der Waals surface area contributed by atoms with Crippen molar-refractivity contribution in [3.05, 3.63) is 52.2 Å². The van der Waals surface area contributed by atoms with Gasteiger partial charge in [0.05, 0.1) is 28.8 Å². The fourth-order valence-electron chi connectivity index (χ4n) is 3.33. The molecule has 30 heavy (non-hydrogen) atoms. The lowest BCUT2D eigenvalue weighted by Gasteiger charge is -2.34. The number of benzene rings is 1. The molecule has 156 valence electrons. The number of thiazole rings is 1. The maximum absolute atomic E-state index is 12.8. The number of amides is 1. The lowest BCUT2D eigenvalue weighted by molar-refractivity contribution is -0.130. The first-order valence-electron chi connectivity index (χ1n) is 9.81. The summed E-state index contributed by atoms with van der Waals surface area (Å²) in [6, 6.07) is 7.86. The van der Waals surface area contributed by atoms with Gasteiger partial charge in [0, 0.05) is 44.0 Å². The zero-order valence-electron chi connectivity index (χ0n) is 16.6. The fraction of sp³-hybridized carbons (Fsp3) is 0.333. The zero-order valence-corrected chi connectivity index (χ0v) is 19.0. The second-order valence-corrected chi connectivity index (χ2v) is 8.59. The normalized spacial score (nSPS) is 14.1. The molecule has 7 nitrogen and oxygen atoms in total. The van der Waals surface area contributed by atoms with Crippen molar-refractivity contribution in [2.24, 2.45) is 0 Å². The minimum Gasteiger partial charge on any atom is -0.493 e. The quantitative estimate of drug-likeness (QED) is 0.528. The highest BCUT2D eigenvalue weighted by Crippen LogP contribution is 2.32. The van der Waals surface area contributed by atoms with Crippen LogP contribution in [0, 0.1) is 0 Å². The van der Waals surface area contributed by atoms with E-state index in [9.17, 15) is 4.79 Å². The minimum absolute atomic E-state index is 0.0984. The second-order valence-electron chi connectivity index (χ2n) is 6.82. The Morgan fingerprint density at radius 3 is 2.63 bits per heavy atom. The Morgan fingerprint density at radius 1 is 1.17 bits per heavy atom. The van der Waals surface area contributed by atoms with E-state index in [2.05, 4.69) is 35.8 Å². The van der Waals surface area contributed by atoms with Crippen LogP contribution in [-0.2, 0) is 11.2 Å². The Kier molecular flexibility index (Phi) is 6.59. The van der Waals surface area contributed by atoms with E-state index in [1.54, 1.807) is 12.4 Å². The third kappa shape index (κ3) is 4.79. The molecule has 0 spiro atoms. The lowest BCUT2D eigenvalue weighted by atomic mass is 10.2. The summed E-state index contributed by atoms with van der Waals surface area (Å²) in [6.45, 7) is 5.32. The first kappa shape index (κ1) is 20.7. The van der Waals surface area contributed by atoms with Gasteiger partial charge in [0.2, 0.25) is 11.9 Å². The molecule has 0 atom stereocenters. The molecule has 3 aromatic rings. The van der Waals surface area contributed by atoms with Crippen molar-refractivity contribution in [1.29, 1.82) is 0 Å². The number of carbonyl (C=O) groups excluding carboxylic acids is 1. The summed E-state index contributed by atoms with van der Waals surface area (Å²) >= 11 is 4.89. The minimum atomic E-state index is 0.0984. The molecule has 0 unspecified atom stereocenters. The number of hydrogen-bond donors (Lipinski definition) is 0. The average Bonchev–Trinajstić information content (AvgIpc) is 3.23. The zero-order chi connectivity index (χ0) is 20.9. The highest BCUT2D eigenvalue weighted by molar-refractivity contribution is 9.10. The van der Waals surface area contributed by atoms with Gasteiger partial charge < -0.3 is 14.5 Å². The van der Waals surface area contributed by atoms with Crippen LogP contribution in [0.25, 0.3) is 10.6 Å². The molecule has 4 rings (SSSR count). The molecular formula is C21H22BrN5O2S. The number of aromatic nitrogens is 3. The van der Waals surface area contributed by atoms with Crippen molar-refractivity contribution in [3.8, 4) is 16.3 Å². The highest BCUT2D eigenvalue weighted by Gasteiger charge is 2.23. The van der Waals surface area contributed by atoms with Gasteiger partial charge in [-0.15, -0.1) is 11.3 Å². The SMILES string of the molecule is CCOc1ccccc1-c1nc(CC(=O)N2CCN(c3ncc(Br)cn3)CC2)cs1. The molecule has 0 saturated carbocycles. The lowest BCUT2D eigenvalue weighted by Crippen LogP contribution is -2.49. The molecule has 3 heterocycles. The number of hydrogen-bond acceptors (Lipinski definition) is 7. The first-order valence-corrected chi connectivity index (χ1v) is 11.5. The topological polar surface area (TPSA) is 71.5 Å². The monoisotopic (exact) mass is 487 g/mol. The Morgan fingerprint density at radius 2 is 1.90 bits per heavy atom. The molecular weight excluding hydrogens is 466 g/mol. The van der Waals surface area contributed by atoms with Crippen LogP contribution in [0.2, 0.25) is 0 Å². The van der Waals surface area contributed by atoms with E-state index in [4.69, 9.17) is 4.74 Å². The van der Waals surface area contributed by atoms with Crippen molar-refractivity contribution < 1.29 is 9.53 Å². The van der Waals surface area contributed by atoms with Gasteiger partial charge >= 0.3 is 0 Å². The van der Waals surface area contributed by atoms with Crippen LogP contribution in [0.1, 0.15) is 12.6 Å². The number of nitrogens with zero attached hydrogens (tertiary/aromatic N) is 5. The summed E-state index contributed by atoms with van der Waals surface area (Å²) in [6.07, 6.45) is 3.79. The Balaban J connectivity index is 1.36. The summed E-state index contributed by atoms with van der Waals surface area (Å²) in [4.78, 5) is 30.1. The first-order chi connectivity index (χ1) is 14.6. The van der Waals surface area contributed by atoms with Gasteiger partial charge in [-0.3, -0.25) is 4.79 Å². The molecule has 1 fully saturated rings. The van der Waals surface area contributed by atoms with E-state index < -0.39 is 0 Å². The predicted molar refractivity (Wildman–Crippen MR) is 121 cm³/mol. The standard InChI is InChI=1S/C21H22BrN5O2S/c1-2-29-18-6-4-3-5-17(18)20-25-16(14-30-20)11-19(28)26-7-9-27(10-8-26)21-23-12-15(22)13-24-21/h3-6,12-14H,2,7-11H2,1H3. The van der Waals surface area contributed by atoms with Gasteiger partial charge in [0.15, 0.2) is 0 Å². The number of anilines is 1. The highest BCUT2D eigenvalue weighted by atomic mass is 79.9. The Labute approximate surface area is 187 Å². The molecule has 1 saturated heterocycles. The summed E-state index contributed by atoms with van der Waals surface area (Å²) in [5.41, 5.74) is 1.76. The van der Waals surface area contributed by atoms with Gasteiger partial charge in [0.1, 0.15) is 10.8 Å². The number of piperazine rings is 1. The smallest absolute Gasteiger partial charge is 0.228 e. The molecule has 0 radical (unpaired) electrons. The summed E-state index contributed by atoms with van der Waals surface area (Å²) in [5.74, 6) is 1.61. The van der Waals surface area contributed by atoms with Crippen LogP contribution in [-0.4, -0.2) is 58.5 Å². The van der Waals surface area contributed by atoms with Crippen molar-refractivity contribution in [2.45, 2.75) is 13.3 Å². The Bertz CT molecular complexity index is 1000. The molecule has 1 aromatic carbocycles. The van der Waals surface area contributed by atoms with E-state index in [1.165, 1.54) is 11.3 Å². The van der Waals surface area contributed by atoms with Gasteiger partial charge in [-0.25, -0.2) is 15.0 Å². The second kappa shape index (κ2) is 9.53. The van der Waals surface area contributed by atoms with Crippen LogP contribution in [0.5, 0.6) is 5.75 Å².